The number of hydrogen-bond donors (Lipinski definition) is 2. The van der Waals surface area contributed by atoms with Crippen molar-refractivity contribution in [2.45, 2.75) is 0 Å². The van der Waals surface area contributed by atoms with E-state index in [4.69, 9.17) is 9.16 Å². The molecule has 0 heterocycles. The fourth-order valence-corrected chi connectivity index (χ4v) is 3.02. The van der Waals surface area contributed by atoms with Gasteiger partial charge in [0, 0.05) is 0 Å². The molecule has 0 aliphatic carbocycles. The van der Waals surface area contributed by atoms with E-state index < -0.39 is 8.80 Å². The highest BCUT2D eigenvalue weighted by Crippen LogP contribution is 2.16. The lowest BCUT2D eigenvalue weighted by Crippen LogP contribution is -2.55. The second kappa shape index (κ2) is 5.22. The third kappa shape index (κ3) is 2.70. The quantitative estimate of drug-likeness (QED) is 0.804. The van der Waals surface area contributed by atoms with E-state index in [9.17, 15) is 9.59 Å². The molecule has 0 bridgehead atoms. The van der Waals surface area contributed by atoms with E-state index in [0.717, 1.165) is 0 Å². The third-order valence-corrected chi connectivity index (χ3v) is 4.10. The summed E-state index contributed by atoms with van der Waals surface area (Å²) in [6, 6.07) is 15.4. The van der Waals surface area contributed by atoms with Gasteiger partial charge in [-0.2, -0.15) is 0 Å². The van der Waals surface area contributed by atoms with Crippen molar-refractivity contribution in [3.63, 3.8) is 0 Å². The molecule has 0 saturated heterocycles. The van der Waals surface area contributed by atoms with Crippen molar-refractivity contribution in [3.05, 3.63) is 54.6 Å². The van der Waals surface area contributed by atoms with Crippen molar-refractivity contribution >= 4 is 14.0 Å². The number of para-hydroxylation sites is 2. The summed E-state index contributed by atoms with van der Waals surface area (Å²) in [6.07, 6.45) is 0. The first-order valence-electron chi connectivity index (χ1n) is 5.46. The average Bonchev–Trinajstić information content (AvgIpc) is 2.39. The summed E-state index contributed by atoms with van der Waals surface area (Å²) in [4.78, 5) is 20.3. The van der Waals surface area contributed by atoms with E-state index in [2.05, 4.69) is 0 Å². The van der Waals surface area contributed by atoms with Gasteiger partial charge in [0.1, 0.15) is 11.5 Å². The van der Waals surface area contributed by atoms with Crippen LogP contribution < -0.4 is 14.3 Å². The SMILES string of the molecule is COc1ccccc1[Si](O)(O)Oc1ccccc1. The zero-order valence-electron chi connectivity index (χ0n) is 9.91. The van der Waals surface area contributed by atoms with Crippen LogP contribution in [0.15, 0.2) is 54.6 Å². The average molecular weight is 262 g/mol. The fourth-order valence-electron chi connectivity index (χ4n) is 1.62. The van der Waals surface area contributed by atoms with E-state index in [1.54, 1.807) is 48.5 Å². The smallest absolute Gasteiger partial charge is 0.498 e. The van der Waals surface area contributed by atoms with Gasteiger partial charge in [0.05, 0.1) is 12.3 Å². The lowest BCUT2D eigenvalue weighted by Gasteiger charge is -2.20. The maximum absolute atomic E-state index is 10.1. The molecule has 4 nitrogen and oxygen atoms in total. The normalized spacial score (nSPS) is 11.1. The molecule has 0 aliphatic heterocycles. The van der Waals surface area contributed by atoms with Crippen LogP contribution in [0.5, 0.6) is 11.5 Å². The van der Waals surface area contributed by atoms with Crippen LogP contribution in [0.3, 0.4) is 0 Å². The van der Waals surface area contributed by atoms with Crippen molar-refractivity contribution in [3.8, 4) is 11.5 Å². The Labute approximate surface area is 106 Å². The predicted molar refractivity (Wildman–Crippen MR) is 69.9 cm³/mol. The van der Waals surface area contributed by atoms with Gasteiger partial charge in [0.15, 0.2) is 0 Å². The Morgan fingerprint density at radius 2 is 1.50 bits per heavy atom. The molecule has 0 saturated carbocycles. The molecule has 2 aromatic carbocycles. The van der Waals surface area contributed by atoms with Gasteiger partial charge in [-0.1, -0.05) is 36.4 Å². The Kier molecular flexibility index (Phi) is 3.66. The van der Waals surface area contributed by atoms with E-state index >= 15 is 0 Å². The number of benzene rings is 2. The van der Waals surface area contributed by atoms with Gasteiger partial charge in [-0.15, -0.1) is 0 Å². The summed E-state index contributed by atoms with van der Waals surface area (Å²) in [7, 11) is -2.53. The van der Waals surface area contributed by atoms with Crippen molar-refractivity contribution in [2.24, 2.45) is 0 Å². The molecule has 0 atom stereocenters. The number of methoxy groups -OCH3 is 1. The standard InChI is InChI=1S/C13H14O4Si/c1-16-12-9-5-6-10-13(12)18(14,15)17-11-7-3-2-4-8-11/h2-10,14-15H,1H3. The minimum Gasteiger partial charge on any atom is -0.498 e. The Morgan fingerprint density at radius 1 is 0.889 bits per heavy atom. The molecule has 0 amide bonds. The molecule has 0 fully saturated rings. The maximum Gasteiger partial charge on any atom is 0.601 e. The molecule has 0 unspecified atom stereocenters. The first-order chi connectivity index (χ1) is 8.63. The Bertz CT molecular complexity index is 513. The van der Waals surface area contributed by atoms with E-state index in [0.29, 0.717) is 11.5 Å². The molecule has 0 radical (unpaired) electrons. The van der Waals surface area contributed by atoms with Crippen molar-refractivity contribution < 1.29 is 18.8 Å². The molecule has 2 rings (SSSR count). The van der Waals surface area contributed by atoms with Gasteiger partial charge in [0.25, 0.3) is 0 Å². The lowest BCUT2D eigenvalue weighted by atomic mass is 10.3. The predicted octanol–water partition coefficient (Wildman–Crippen LogP) is 0.905. The second-order valence-corrected chi connectivity index (χ2v) is 5.68. The summed E-state index contributed by atoms with van der Waals surface area (Å²) in [5, 5.41) is 0.288. The molecule has 2 N–H and O–H groups in total. The molecule has 18 heavy (non-hydrogen) atoms. The first-order valence-corrected chi connectivity index (χ1v) is 7.26. The van der Waals surface area contributed by atoms with Gasteiger partial charge in [-0.25, -0.2) is 0 Å². The maximum atomic E-state index is 10.1. The van der Waals surface area contributed by atoms with Crippen LogP contribution in [-0.4, -0.2) is 25.5 Å². The minimum absolute atomic E-state index is 0.288. The summed E-state index contributed by atoms with van der Waals surface area (Å²) in [5.41, 5.74) is 0. The second-order valence-electron chi connectivity index (χ2n) is 3.72. The van der Waals surface area contributed by atoms with E-state index in [1.165, 1.54) is 7.11 Å². The summed E-state index contributed by atoms with van der Waals surface area (Å²) < 4.78 is 10.4. The van der Waals surface area contributed by atoms with Gasteiger partial charge in [-0.3, -0.25) is 0 Å². The van der Waals surface area contributed by atoms with Gasteiger partial charge >= 0.3 is 8.80 Å². The van der Waals surface area contributed by atoms with Crippen LogP contribution in [0.1, 0.15) is 0 Å². The minimum atomic E-state index is -4.01. The first kappa shape index (κ1) is 12.6. The van der Waals surface area contributed by atoms with Crippen LogP contribution >= 0.6 is 0 Å². The van der Waals surface area contributed by atoms with Crippen LogP contribution in [0.2, 0.25) is 0 Å². The van der Waals surface area contributed by atoms with E-state index in [-0.39, 0.29) is 5.19 Å². The zero-order chi connectivity index (χ0) is 13.0. The number of ether oxygens (including phenoxy) is 1. The molecular weight excluding hydrogens is 248 g/mol. The Balaban J connectivity index is 2.30. The van der Waals surface area contributed by atoms with Crippen molar-refractivity contribution in [1.82, 2.24) is 0 Å². The van der Waals surface area contributed by atoms with Crippen LogP contribution in [-0.2, 0) is 0 Å². The highest BCUT2D eigenvalue weighted by molar-refractivity contribution is 6.74. The molecule has 5 heteroatoms. The third-order valence-electron chi connectivity index (χ3n) is 2.46. The molecule has 0 aromatic heterocycles. The molecular formula is C13H14O4Si. The van der Waals surface area contributed by atoms with Crippen LogP contribution in [0.4, 0.5) is 0 Å². The Morgan fingerprint density at radius 3 is 2.17 bits per heavy atom. The fraction of sp³-hybridized carbons (Fsp3) is 0.0769. The van der Waals surface area contributed by atoms with Gasteiger partial charge in [-0.05, 0) is 18.2 Å². The monoisotopic (exact) mass is 262 g/mol. The highest BCUT2D eigenvalue weighted by atomic mass is 28.4. The zero-order valence-corrected chi connectivity index (χ0v) is 10.9. The number of hydrogen-bond acceptors (Lipinski definition) is 4. The van der Waals surface area contributed by atoms with Gasteiger partial charge in [0.2, 0.25) is 0 Å². The summed E-state index contributed by atoms with van der Waals surface area (Å²) in [5.74, 6) is 0.824. The van der Waals surface area contributed by atoms with E-state index in [1.807, 2.05) is 6.07 Å². The topological polar surface area (TPSA) is 58.9 Å². The number of rotatable bonds is 4. The van der Waals surface area contributed by atoms with Crippen LogP contribution in [0, 0.1) is 0 Å². The van der Waals surface area contributed by atoms with Gasteiger partial charge < -0.3 is 18.8 Å². The van der Waals surface area contributed by atoms with Crippen LogP contribution in [0.25, 0.3) is 0 Å². The molecule has 0 aliphatic rings. The summed E-state index contributed by atoms with van der Waals surface area (Å²) in [6.45, 7) is 0. The van der Waals surface area contributed by atoms with Crippen molar-refractivity contribution in [2.75, 3.05) is 7.11 Å². The van der Waals surface area contributed by atoms with Crippen molar-refractivity contribution in [1.29, 1.82) is 0 Å². The molecule has 0 spiro atoms. The molecule has 94 valence electrons. The molecule has 2 aromatic rings. The largest absolute Gasteiger partial charge is 0.601 e. The lowest BCUT2D eigenvalue weighted by molar-refractivity contribution is 0.258. The Hall–Kier alpha value is -1.82. The highest BCUT2D eigenvalue weighted by Gasteiger charge is 2.40. The summed E-state index contributed by atoms with van der Waals surface area (Å²) >= 11 is 0.